The van der Waals surface area contributed by atoms with Crippen molar-refractivity contribution in [2.24, 2.45) is 0 Å². The summed E-state index contributed by atoms with van der Waals surface area (Å²) < 4.78 is 6.91. The van der Waals surface area contributed by atoms with Crippen LogP contribution in [0, 0.1) is 0 Å². The second-order valence-electron chi connectivity index (χ2n) is 6.64. The zero-order valence-electron chi connectivity index (χ0n) is 17.8. The summed E-state index contributed by atoms with van der Waals surface area (Å²) in [7, 11) is 0. The molecule has 0 bridgehead atoms. The largest absolute Gasteiger partial charge is 0.462 e. The Kier molecular flexibility index (Phi) is 8.52. The molecule has 2 N–H and O–H groups in total. The van der Waals surface area contributed by atoms with E-state index in [2.05, 4.69) is 20.8 Å². The van der Waals surface area contributed by atoms with Crippen LogP contribution in [-0.2, 0) is 22.6 Å². The number of nitrogens with one attached hydrogen (secondary N) is 2. The molecule has 3 aromatic rings. The molecule has 0 fully saturated rings. The Morgan fingerprint density at radius 1 is 1.09 bits per heavy atom. The second-order valence-corrected chi connectivity index (χ2v) is 8.02. The normalized spacial score (nSPS) is 10.6. The van der Waals surface area contributed by atoms with Gasteiger partial charge in [-0.05, 0) is 56.3 Å². The number of carbonyl (C=O) groups excluding carboxylic acids is 2. The standard InChI is InChI=1S/C22H24ClN5O3S/c1-3-28-19(13-24-18-7-5-6-16(23)12-18)26-27-22(28)32-14-20(29)25-17-10-8-15(9-11-17)21(30)31-4-2/h5-12,24H,3-4,13-14H2,1-2H3,(H,25,29). The molecule has 0 saturated heterocycles. The van der Waals surface area contributed by atoms with Crippen LogP contribution in [0.1, 0.15) is 30.0 Å². The number of benzene rings is 2. The molecule has 1 amide bonds. The molecule has 0 spiro atoms. The molecule has 3 rings (SSSR count). The van der Waals surface area contributed by atoms with Crippen molar-refractivity contribution in [1.29, 1.82) is 0 Å². The fraction of sp³-hybridized carbons (Fsp3) is 0.273. The molecule has 1 heterocycles. The van der Waals surface area contributed by atoms with Crippen molar-refractivity contribution in [1.82, 2.24) is 14.8 Å². The third-order valence-electron chi connectivity index (χ3n) is 4.40. The average molecular weight is 474 g/mol. The molecule has 32 heavy (non-hydrogen) atoms. The number of amides is 1. The highest BCUT2D eigenvalue weighted by atomic mass is 35.5. The summed E-state index contributed by atoms with van der Waals surface area (Å²) in [6.45, 7) is 5.23. The second kappa shape index (κ2) is 11.5. The molecular weight excluding hydrogens is 450 g/mol. The zero-order chi connectivity index (χ0) is 22.9. The van der Waals surface area contributed by atoms with E-state index in [0.29, 0.717) is 41.1 Å². The van der Waals surface area contributed by atoms with Crippen LogP contribution in [0.5, 0.6) is 0 Å². The van der Waals surface area contributed by atoms with Gasteiger partial charge in [0, 0.05) is 22.9 Å². The van der Waals surface area contributed by atoms with Gasteiger partial charge in [-0.3, -0.25) is 4.79 Å². The lowest BCUT2D eigenvalue weighted by atomic mass is 10.2. The smallest absolute Gasteiger partial charge is 0.338 e. The number of thioether (sulfide) groups is 1. The van der Waals surface area contributed by atoms with E-state index >= 15 is 0 Å². The summed E-state index contributed by atoms with van der Waals surface area (Å²) in [4.78, 5) is 24.1. The first kappa shape index (κ1) is 23.6. The number of aromatic nitrogens is 3. The van der Waals surface area contributed by atoms with Gasteiger partial charge in [-0.15, -0.1) is 10.2 Å². The van der Waals surface area contributed by atoms with Gasteiger partial charge in [0.15, 0.2) is 11.0 Å². The summed E-state index contributed by atoms with van der Waals surface area (Å²) in [6.07, 6.45) is 0. The van der Waals surface area contributed by atoms with Crippen LogP contribution in [0.3, 0.4) is 0 Å². The van der Waals surface area contributed by atoms with Crippen LogP contribution in [0.2, 0.25) is 5.02 Å². The molecule has 10 heteroatoms. The third kappa shape index (κ3) is 6.48. The maximum Gasteiger partial charge on any atom is 0.338 e. The molecular formula is C22H24ClN5O3S. The Balaban J connectivity index is 1.53. The van der Waals surface area contributed by atoms with Gasteiger partial charge in [0.2, 0.25) is 5.91 Å². The first-order valence-corrected chi connectivity index (χ1v) is 11.5. The van der Waals surface area contributed by atoms with Gasteiger partial charge in [-0.25, -0.2) is 4.79 Å². The van der Waals surface area contributed by atoms with Gasteiger partial charge < -0.3 is 19.9 Å². The molecule has 0 aliphatic rings. The number of hydrogen-bond donors (Lipinski definition) is 2. The average Bonchev–Trinajstić information content (AvgIpc) is 3.19. The van der Waals surface area contributed by atoms with Gasteiger partial charge in [0.1, 0.15) is 0 Å². The Bertz CT molecular complexity index is 1070. The quantitative estimate of drug-likeness (QED) is 0.331. The van der Waals surface area contributed by atoms with E-state index in [1.165, 1.54) is 11.8 Å². The van der Waals surface area contributed by atoms with Crippen molar-refractivity contribution in [2.45, 2.75) is 32.1 Å². The minimum atomic E-state index is -0.388. The van der Waals surface area contributed by atoms with Crippen LogP contribution in [0.15, 0.2) is 53.7 Å². The molecule has 8 nitrogen and oxygen atoms in total. The Morgan fingerprint density at radius 2 is 1.88 bits per heavy atom. The van der Waals surface area contributed by atoms with Crippen LogP contribution in [0.25, 0.3) is 0 Å². The molecule has 0 unspecified atom stereocenters. The van der Waals surface area contributed by atoms with Gasteiger partial charge in [-0.1, -0.05) is 29.4 Å². The van der Waals surface area contributed by atoms with Gasteiger partial charge >= 0.3 is 5.97 Å². The Morgan fingerprint density at radius 3 is 2.56 bits per heavy atom. The van der Waals surface area contributed by atoms with E-state index in [-0.39, 0.29) is 17.6 Å². The van der Waals surface area contributed by atoms with Crippen LogP contribution in [-0.4, -0.2) is 39.0 Å². The van der Waals surface area contributed by atoms with Crippen molar-refractivity contribution < 1.29 is 14.3 Å². The van der Waals surface area contributed by atoms with E-state index in [0.717, 1.165) is 11.5 Å². The molecule has 1 aromatic heterocycles. The molecule has 0 aliphatic carbocycles. The van der Waals surface area contributed by atoms with Gasteiger partial charge in [0.25, 0.3) is 0 Å². The maximum absolute atomic E-state index is 12.4. The lowest BCUT2D eigenvalue weighted by Gasteiger charge is -2.10. The molecule has 0 atom stereocenters. The SMILES string of the molecule is CCOC(=O)c1ccc(NC(=O)CSc2nnc(CNc3cccc(Cl)c3)n2CC)cc1. The summed E-state index contributed by atoms with van der Waals surface area (Å²) >= 11 is 7.33. The Hall–Kier alpha value is -3.04. The highest BCUT2D eigenvalue weighted by Crippen LogP contribution is 2.20. The summed E-state index contributed by atoms with van der Waals surface area (Å²) in [5.74, 6) is 0.382. The number of nitrogens with zero attached hydrogens (tertiary/aromatic N) is 3. The zero-order valence-corrected chi connectivity index (χ0v) is 19.4. The van der Waals surface area contributed by atoms with E-state index in [9.17, 15) is 9.59 Å². The van der Waals surface area contributed by atoms with Crippen molar-refractivity contribution in [3.63, 3.8) is 0 Å². The highest BCUT2D eigenvalue weighted by Gasteiger charge is 2.14. The number of halogens is 1. The molecule has 2 aromatic carbocycles. The summed E-state index contributed by atoms with van der Waals surface area (Å²) in [5, 5.41) is 15.9. The van der Waals surface area contributed by atoms with Crippen LogP contribution >= 0.6 is 23.4 Å². The maximum atomic E-state index is 12.4. The number of hydrogen-bond acceptors (Lipinski definition) is 7. The first-order valence-electron chi connectivity index (χ1n) is 10.1. The minimum Gasteiger partial charge on any atom is -0.462 e. The number of carbonyl (C=O) groups is 2. The summed E-state index contributed by atoms with van der Waals surface area (Å²) in [6, 6.07) is 14.0. The fourth-order valence-corrected chi connectivity index (χ4v) is 3.90. The van der Waals surface area contributed by atoms with Crippen molar-refractivity contribution in [2.75, 3.05) is 23.0 Å². The van der Waals surface area contributed by atoms with E-state index in [1.54, 1.807) is 31.2 Å². The lowest BCUT2D eigenvalue weighted by Crippen LogP contribution is -2.15. The number of anilines is 2. The minimum absolute atomic E-state index is 0.178. The van der Waals surface area contributed by atoms with E-state index in [1.807, 2.05) is 35.8 Å². The Labute approximate surface area is 195 Å². The van der Waals surface area contributed by atoms with Crippen LogP contribution < -0.4 is 10.6 Å². The third-order valence-corrected chi connectivity index (χ3v) is 5.60. The number of ether oxygens (including phenoxy) is 1. The first-order chi connectivity index (χ1) is 15.5. The van der Waals surface area contributed by atoms with E-state index < -0.39 is 0 Å². The predicted molar refractivity (Wildman–Crippen MR) is 126 cm³/mol. The van der Waals surface area contributed by atoms with Gasteiger partial charge in [0.05, 0.1) is 24.5 Å². The van der Waals surface area contributed by atoms with Crippen molar-refractivity contribution in [3.8, 4) is 0 Å². The molecule has 168 valence electrons. The molecule has 0 aliphatic heterocycles. The predicted octanol–water partition coefficient (Wildman–Crippen LogP) is 4.47. The molecule has 0 saturated carbocycles. The topological polar surface area (TPSA) is 98.1 Å². The van der Waals surface area contributed by atoms with Crippen molar-refractivity contribution >= 4 is 46.6 Å². The highest BCUT2D eigenvalue weighted by molar-refractivity contribution is 7.99. The van der Waals surface area contributed by atoms with Gasteiger partial charge in [-0.2, -0.15) is 0 Å². The molecule has 0 radical (unpaired) electrons. The monoisotopic (exact) mass is 473 g/mol. The number of esters is 1. The lowest BCUT2D eigenvalue weighted by molar-refractivity contribution is -0.113. The number of rotatable bonds is 10. The van der Waals surface area contributed by atoms with Crippen LogP contribution in [0.4, 0.5) is 11.4 Å². The summed E-state index contributed by atoms with van der Waals surface area (Å²) in [5.41, 5.74) is 1.94. The van der Waals surface area contributed by atoms with Crippen molar-refractivity contribution in [3.05, 3.63) is 64.9 Å². The fourth-order valence-electron chi connectivity index (χ4n) is 2.89. The van der Waals surface area contributed by atoms with E-state index in [4.69, 9.17) is 16.3 Å².